The van der Waals surface area contributed by atoms with Gasteiger partial charge in [-0.25, -0.2) is 0 Å². The number of carbonyl (C=O) groups is 1. The molecule has 22 heavy (non-hydrogen) atoms. The predicted molar refractivity (Wildman–Crippen MR) is 86.7 cm³/mol. The number of likely N-dealkylation sites (N-methyl/N-ethyl adjacent to an activating group) is 1. The summed E-state index contributed by atoms with van der Waals surface area (Å²) < 4.78 is 0. The van der Waals surface area contributed by atoms with E-state index in [1.807, 2.05) is 17.3 Å². The van der Waals surface area contributed by atoms with Crippen LogP contribution in [-0.2, 0) is 4.79 Å². The zero-order valence-electron chi connectivity index (χ0n) is 13.4. The van der Waals surface area contributed by atoms with Crippen molar-refractivity contribution in [3.63, 3.8) is 0 Å². The van der Waals surface area contributed by atoms with E-state index in [1.165, 1.54) is 12.0 Å². The monoisotopic (exact) mass is 302 g/mol. The van der Waals surface area contributed by atoms with Gasteiger partial charge in [-0.05, 0) is 43.6 Å². The average Bonchev–Trinajstić information content (AvgIpc) is 3.03. The number of hydrogen-bond donors (Lipinski definition) is 0. The highest BCUT2D eigenvalue weighted by atomic mass is 16.2. The Balaban J connectivity index is 1.42. The van der Waals surface area contributed by atoms with Crippen LogP contribution < -0.4 is 0 Å². The summed E-state index contributed by atoms with van der Waals surface area (Å²) in [7, 11) is 2.12. The summed E-state index contributed by atoms with van der Waals surface area (Å²) in [6, 6.07) is 4.23. The van der Waals surface area contributed by atoms with E-state index in [-0.39, 0.29) is 0 Å². The van der Waals surface area contributed by atoms with Gasteiger partial charge in [-0.3, -0.25) is 9.78 Å². The summed E-state index contributed by atoms with van der Waals surface area (Å²) in [5.74, 6) is 0.919. The number of carbonyl (C=O) groups excluding carboxylic acids is 1. The Kier molecular flexibility index (Phi) is 5.05. The highest BCUT2D eigenvalue weighted by Gasteiger charge is 2.25. The van der Waals surface area contributed by atoms with Gasteiger partial charge in [0, 0.05) is 58.1 Å². The van der Waals surface area contributed by atoms with Crippen LogP contribution in [0.5, 0.6) is 0 Å². The normalized spacial score (nSPS) is 23.9. The summed E-state index contributed by atoms with van der Waals surface area (Å²) in [6.07, 6.45) is 5.59. The highest BCUT2D eigenvalue weighted by Crippen LogP contribution is 2.26. The van der Waals surface area contributed by atoms with Crippen molar-refractivity contribution in [2.45, 2.75) is 18.8 Å². The van der Waals surface area contributed by atoms with Crippen LogP contribution in [0.3, 0.4) is 0 Å². The van der Waals surface area contributed by atoms with Crippen LogP contribution in [0.25, 0.3) is 0 Å². The molecule has 0 saturated carbocycles. The van der Waals surface area contributed by atoms with Gasteiger partial charge in [-0.15, -0.1) is 0 Å². The van der Waals surface area contributed by atoms with Gasteiger partial charge in [-0.1, -0.05) is 0 Å². The number of rotatable bonds is 4. The van der Waals surface area contributed by atoms with Crippen LogP contribution >= 0.6 is 0 Å². The van der Waals surface area contributed by atoms with Gasteiger partial charge in [0.25, 0.3) is 0 Å². The molecule has 2 saturated heterocycles. The first-order chi connectivity index (χ1) is 10.7. The van der Waals surface area contributed by atoms with E-state index < -0.39 is 0 Å². The lowest BCUT2D eigenvalue weighted by molar-refractivity contribution is -0.133. The highest BCUT2D eigenvalue weighted by molar-refractivity contribution is 5.76. The van der Waals surface area contributed by atoms with Crippen molar-refractivity contribution in [2.75, 3.05) is 52.9 Å². The van der Waals surface area contributed by atoms with Crippen molar-refractivity contribution in [3.8, 4) is 0 Å². The molecule has 0 aromatic carbocycles. The van der Waals surface area contributed by atoms with E-state index in [0.29, 0.717) is 18.2 Å². The van der Waals surface area contributed by atoms with E-state index in [0.717, 1.165) is 45.8 Å². The van der Waals surface area contributed by atoms with Crippen molar-refractivity contribution in [1.82, 2.24) is 19.7 Å². The number of piperazine rings is 1. The van der Waals surface area contributed by atoms with Gasteiger partial charge in [0.1, 0.15) is 0 Å². The summed E-state index contributed by atoms with van der Waals surface area (Å²) in [4.78, 5) is 23.1. The summed E-state index contributed by atoms with van der Waals surface area (Å²) >= 11 is 0. The largest absolute Gasteiger partial charge is 0.340 e. The van der Waals surface area contributed by atoms with E-state index in [9.17, 15) is 4.79 Å². The van der Waals surface area contributed by atoms with E-state index in [4.69, 9.17) is 0 Å². The molecule has 0 bridgehead atoms. The van der Waals surface area contributed by atoms with E-state index in [2.05, 4.69) is 34.0 Å². The van der Waals surface area contributed by atoms with Crippen molar-refractivity contribution in [1.29, 1.82) is 0 Å². The van der Waals surface area contributed by atoms with Gasteiger partial charge in [0.15, 0.2) is 0 Å². The van der Waals surface area contributed by atoms with Gasteiger partial charge in [0.2, 0.25) is 5.91 Å². The number of pyridine rings is 1. The number of nitrogens with zero attached hydrogens (tertiary/aromatic N) is 4. The predicted octanol–water partition coefficient (Wildman–Crippen LogP) is 1.03. The van der Waals surface area contributed by atoms with Crippen molar-refractivity contribution in [3.05, 3.63) is 30.1 Å². The molecular weight excluding hydrogens is 276 g/mol. The van der Waals surface area contributed by atoms with E-state index in [1.54, 1.807) is 0 Å². The Morgan fingerprint density at radius 1 is 1.18 bits per heavy atom. The average molecular weight is 302 g/mol. The molecule has 1 atom stereocenters. The molecule has 0 spiro atoms. The fraction of sp³-hybridized carbons (Fsp3) is 0.647. The first-order valence-corrected chi connectivity index (χ1v) is 8.31. The molecule has 1 amide bonds. The molecule has 5 nitrogen and oxygen atoms in total. The molecular formula is C17H26N4O. The first-order valence-electron chi connectivity index (χ1n) is 8.31. The summed E-state index contributed by atoms with van der Waals surface area (Å²) in [5, 5.41) is 0. The number of aromatic nitrogens is 1. The fourth-order valence-electron chi connectivity index (χ4n) is 3.41. The molecule has 3 rings (SSSR count). The molecule has 120 valence electrons. The Hall–Kier alpha value is -1.46. The second kappa shape index (κ2) is 7.20. The van der Waals surface area contributed by atoms with Crippen LogP contribution in [0, 0.1) is 0 Å². The van der Waals surface area contributed by atoms with E-state index >= 15 is 0 Å². The number of amides is 1. The minimum Gasteiger partial charge on any atom is -0.340 e. The zero-order chi connectivity index (χ0) is 15.4. The third kappa shape index (κ3) is 3.84. The molecule has 1 aromatic heterocycles. The van der Waals surface area contributed by atoms with Crippen molar-refractivity contribution in [2.24, 2.45) is 0 Å². The van der Waals surface area contributed by atoms with Crippen LogP contribution in [0.1, 0.15) is 24.3 Å². The van der Waals surface area contributed by atoms with Crippen LogP contribution in [0.4, 0.5) is 0 Å². The Labute approximate surface area is 132 Å². The Morgan fingerprint density at radius 3 is 2.64 bits per heavy atom. The SMILES string of the molecule is CN1CCN(C(=O)CCN2CC[C@@H](c3ccncc3)C2)CC1. The Bertz CT molecular complexity index is 485. The summed E-state index contributed by atoms with van der Waals surface area (Å²) in [5.41, 5.74) is 1.38. The molecule has 3 heterocycles. The van der Waals surface area contributed by atoms with Crippen LogP contribution in [0.2, 0.25) is 0 Å². The van der Waals surface area contributed by atoms with Gasteiger partial charge >= 0.3 is 0 Å². The molecule has 0 aliphatic carbocycles. The standard InChI is InChI=1S/C17H26N4O/c1-19-10-12-21(13-11-19)17(22)5-9-20-8-4-16(14-20)15-2-6-18-7-3-15/h2-3,6-7,16H,4-5,8-14H2,1H3/t16-/m1/s1. The van der Waals surface area contributed by atoms with Crippen molar-refractivity contribution < 1.29 is 4.79 Å². The second-order valence-electron chi connectivity index (χ2n) is 6.50. The van der Waals surface area contributed by atoms with Gasteiger partial charge < -0.3 is 14.7 Å². The van der Waals surface area contributed by atoms with Crippen molar-refractivity contribution >= 4 is 5.91 Å². The molecule has 2 fully saturated rings. The topological polar surface area (TPSA) is 39.7 Å². The molecule has 0 unspecified atom stereocenters. The van der Waals surface area contributed by atoms with Crippen LogP contribution in [0.15, 0.2) is 24.5 Å². The number of likely N-dealkylation sites (tertiary alicyclic amines) is 1. The smallest absolute Gasteiger partial charge is 0.223 e. The first kappa shape index (κ1) is 15.4. The molecule has 2 aliphatic heterocycles. The molecule has 5 heteroatoms. The van der Waals surface area contributed by atoms with Gasteiger partial charge in [-0.2, -0.15) is 0 Å². The second-order valence-corrected chi connectivity index (χ2v) is 6.50. The molecule has 2 aliphatic rings. The maximum Gasteiger partial charge on any atom is 0.223 e. The fourth-order valence-corrected chi connectivity index (χ4v) is 3.41. The zero-order valence-corrected chi connectivity index (χ0v) is 13.4. The lowest BCUT2D eigenvalue weighted by Crippen LogP contribution is -2.47. The molecule has 0 radical (unpaired) electrons. The summed E-state index contributed by atoms with van der Waals surface area (Å²) in [6.45, 7) is 6.83. The Morgan fingerprint density at radius 2 is 1.91 bits per heavy atom. The third-order valence-corrected chi connectivity index (χ3v) is 4.95. The molecule has 0 N–H and O–H groups in total. The maximum absolute atomic E-state index is 12.3. The quantitative estimate of drug-likeness (QED) is 0.833. The maximum atomic E-state index is 12.3. The lowest BCUT2D eigenvalue weighted by Gasteiger charge is -2.32. The van der Waals surface area contributed by atoms with Gasteiger partial charge in [0.05, 0.1) is 0 Å². The minimum atomic E-state index is 0.320. The number of hydrogen-bond acceptors (Lipinski definition) is 4. The molecule has 1 aromatic rings. The lowest BCUT2D eigenvalue weighted by atomic mass is 10.00. The third-order valence-electron chi connectivity index (χ3n) is 4.95. The minimum absolute atomic E-state index is 0.320. The van der Waals surface area contributed by atoms with Crippen LogP contribution in [-0.4, -0.2) is 78.5 Å².